The van der Waals surface area contributed by atoms with Crippen LogP contribution in [-0.4, -0.2) is 25.1 Å². The summed E-state index contributed by atoms with van der Waals surface area (Å²) < 4.78 is 5.70. The van der Waals surface area contributed by atoms with Gasteiger partial charge >= 0.3 is 11.8 Å². The lowest BCUT2D eigenvalue weighted by Crippen LogP contribution is -2.35. The van der Waals surface area contributed by atoms with Crippen molar-refractivity contribution in [1.82, 2.24) is 10.7 Å². The van der Waals surface area contributed by atoms with Gasteiger partial charge in [0.25, 0.3) is 0 Å². The molecule has 0 aliphatic carbocycles. The van der Waals surface area contributed by atoms with Crippen LogP contribution >= 0.6 is 23.2 Å². The minimum Gasteiger partial charge on any atom is -0.489 e. The van der Waals surface area contributed by atoms with E-state index < -0.39 is 11.8 Å². The Morgan fingerprint density at radius 1 is 1.12 bits per heavy atom. The first kappa shape index (κ1) is 18.8. The molecule has 0 radical (unpaired) electrons. The van der Waals surface area contributed by atoms with Crippen molar-refractivity contribution >= 4 is 41.2 Å². The monoisotopic (exact) mass is 379 g/mol. The summed E-state index contributed by atoms with van der Waals surface area (Å²) in [6.07, 6.45) is 1.41. The fraction of sp³-hybridized carbons (Fsp3) is 0.118. The van der Waals surface area contributed by atoms with Gasteiger partial charge in [-0.1, -0.05) is 41.4 Å². The molecule has 2 aromatic carbocycles. The Morgan fingerprint density at radius 2 is 1.92 bits per heavy atom. The van der Waals surface area contributed by atoms with Crippen LogP contribution in [0.5, 0.6) is 5.75 Å². The fourth-order valence-electron chi connectivity index (χ4n) is 1.81. The van der Waals surface area contributed by atoms with E-state index in [0.717, 1.165) is 5.56 Å². The van der Waals surface area contributed by atoms with Crippen LogP contribution in [0.3, 0.4) is 0 Å². The number of halogens is 2. The van der Waals surface area contributed by atoms with Crippen LogP contribution in [-0.2, 0) is 16.2 Å². The van der Waals surface area contributed by atoms with Crippen molar-refractivity contribution < 1.29 is 14.3 Å². The third kappa shape index (κ3) is 5.77. The minimum absolute atomic E-state index is 0.324. The number of nitrogens with zero attached hydrogens (tertiary/aromatic N) is 1. The van der Waals surface area contributed by atoms with Gasteiger partial charge in [0.05, 0.1) is 16.3 Å². The van der Waals surface area contributed by atoms with Crippen LogP contribution in [0.25, 0.3) is 0 Å². The molecular weight excluding hydrogens is 365 g/mol. The van der Waals surface area contributed by atoms with E-state index in [1.807, 2.05) is 6.07 Å². The summed E-state index contributed by atoms with van der Waals surface area (Å²) in [7, 11) is 1.36. The molecule has 0 aromatic heterocycles. The molecule has 0 aliphatic heterocycles. The summed E-state index contributed by atoms with van der Waals surface area (Å²) in [5, 5.41) is 6.87. The van der Waals surface area contributed by atoms with Crippen molar-refractivity contribution in [2.75, 3.05) is 7.05 Å². The van der Waals surface area contributed by atoms with Gasteiger partial charge in [0.1, 0.15) is 12.4 Å². The highest BCUT2D eigenvalue weighted by Gasteiger charge is 2.08. The molecule has 0 saturated heterocycles. The van der Waals surface area contributed by atoms with E-state index in [-0.39, 0.29) is 0 Å². The molecule has 0 heterocycles. The standard InChI is InChI=1S/C17H15Cl2N3O3/c1-20-16(23)17(24)22-21-9-11-3-2-4-13(7-11)25-10-12-5-6-14(18)15(19)8-12/h2-9H,10H2,1H3,(H,20,23)(H,22,24)/b21-9-. The number of hydrazone groups is 1. The molecule has 2 N–H and O–H groups in total. The van der Waals surface area contributed by atoms with Crippen molar-refractivity contribution in [1.29, 1.82) is 0 Å². The SMILES string of the molecule is CNC(=O)C(=O)N/N=C\c1cccc(OCc2ccc(Cl)c(Cl)c2)c1. The maximum atomic E-state index is 11.3. The van der Waals surface area contributed by atoms with Crippen LogP contribution in [0.4, 0.5) is 0 Å². The van der Waals surface area contributed by atoms with E-state index >= 15 is 0 Å². The second-order valence-electron chi connectivity index (χ2n) is 4.89. The van der Waals surface area contributed by atoms with Gasteiger partial charge in [0.15, 0.2) is 0 Å². The zero-order chi connectivity index (χ0) is 18.2. The van der Waals surface area contributed by atoms with E-state index in [0.29, 0.717) is 28.0 Å². The van der Waals surface area contributed by atoms with Crippen molar-refractivity contribution in [3.05, 3.63) is 63.6 Å². The molecule has 2 amide bonds. The number of amides is 2. The first-order valence-electron chi connectivity index (χ1n) is 7.21. The number of likely N-dealkylation sites (N-methyl/N-ethyl adjacent to an activating group) is 1. The largest absolute Gasteiger partial charge is 0.489 e. The van der Waals surface area contributed by atoms with Crippen LogP contribution in [0, 0.1) is 0 Å². The molecule has 6 nitrogen and oxygen atoms in total. The summed E-state index contributed by atoms with van der Waals surface area (Å²) in [6, 6.07) is 12.4. The number of hydrogen-bond donors (Lipinski definition) is 2. The van der Waals surface area contributed by atoms with E-state index in [1.54, 1.807) is 36.4 Å². The Hall–Kier alpha value is -2.57. The first-order chi connectivity index (χ1) is 12.0. The van der Waals surface area contributed by atoms with Crippen molar-refractivity contribution in [2.24, 2.45) is 5.10 Å². The van der Waals surface area contributed by atoms with Gasteiger partial charge in [-0.3, -0.25) is 9.59 Å². The third-order valence-corrected chi connectivity index (χ3v) is 3.80. The highest BCUT2D eigenvalue weighted by Crippen LogP contribution is 2.23. The molecule has 0 spiro atoms. The quantitative estimate of drug-likeness (QED) is 0.476. The van der Waals surface area contributed by atoms with Gasteiger partial charge in [0, 0.05) is 7.05 Å². The van der Waals surface area contributed by atoms with Gasteiger partial charge in [0.2, 0.25) is 0 Å². The summed E-state index contributed by atoms with van der Waals surface area (Å²) >= 11 is 11.8. The molecule has 8 heteroatoms. The summed E-state index contributed by atoms with van der Waals surface area (Å²) in [4.78, 5) is 22.3. The van der Waals surface area contributed by atoms with Crippen LogP contribution < -0.4 is 15.5 Å². The van der Waals surface area contributed by atoms with Crippen molar-refractivity contribution in [3.8, 4) is 5.75 Å². The van der Waals surface area contributed by atoms with E-state index in [1.165, 1.54) is 13.3 Å². The topological polar surface area (TPSA) is 79.8 Å². The Kier molecular flexibility index (Phi) is 6.80. The second-order valence-corrected chi connectivity index (χ2v) is 5.70. The Bertz CT molecular complexity index is 809. The molecule has 0 unspecified atom stereocenters. The predicted molar refractivity (Wildman–Crippen MR) is 97.0 cm³/mol. The second kappa shape index (κ2) is 9.05. The summed E-state index contributed by atoms with van der Waals surface area (Å²) in [6.45, 7) is 0.324. The molecule has 0 fully saturated rings. The van der Waals surface area contributed by atoms with Gasteiger partial charge in [-0.25, -0.2) is 5.43 Å². The summed E-state index contributed by atoms with van der Waals surface area (Å²) in [5.74, 6) is -0.991. The summed E-state index contributed by atoms with van der Waals surface area (Å²) in [5.41, 5.74) is 3.70. The normalized spacial score (nSPS) is 10.5. The lowest BCUT2D eigenvalue weighted by Gasteiger charge is -2.07. The molecule has 0 aliphatic rings. The third-order valence-electron chi connectivity index (χ3n) is 3.06. The van der Waals surface area contributed by atoms with Gasteiger partial charge in [-0.15, -0.1) is 0 Å². The number of ether oxygens (including phenoxy) is 1. The molecule has 0 saturated carbocycles. The Morgan fingerprint density at radius 3 is 2.64 bits per heavy atom. The van der Waals surface area contributed by atoms with E-state index in [4.69, 9.17) is 27.9 Å². The molecule has 2 rings (SSSR count). The van der Waals surface area contributed by atoms with Gasteiger partial charge < -0.3 is 10.1 Å². The number of hydrogen-bond acceptors (Lipinski definition) is 4. The van der Waals surface area contributed by atoms with Crippen molar-refractivity contribution in [2.45, 2.75) is 6.61 Å². The zero-order valence-corrected chi connectivity index (χ0v) is 14.8. The van der Waals surface area contributed by atoms with Crippen molar-refractivity contribution in [3.63, 3.8) is 0 Å². The molecule has 25 heavy (non-hydrogen) atoms. The van der Waals surface area contributed by atoms with Gasteiger partial charge in [-0.2, -0.15) is 5.10 Å². The first-order valence-corrected chi connectivity index (χ1v) is 7.97. The Balaban J connectivity index is 1.95. The van der Waals surface area contributed by atoms with Crippen LogP contribution in [0.1, 0.15) is 11.1 Å². The van der Waals surface area contributed by atoms with E-state index in [2.05, 4.69) is 15.8 Å². The molecule has 130 valence electrons. The average molecular weight is 380 g/mol. The maximum absolute atomic E-state index is 11.3. The molecule has 0 bridgehead atoms. The maximum Gasteiger partial charge on any atom is 0.329 e. The number of benzene rings is 2. The molecule has 0 atom stereocenters. The fourth-order valence-corrected chi connectivity index (χ4v) is 2.13. The number of carbonyl (C=O) groups excluding carboxylic acids is 2. The Labute approximate surface area is 154 Å². The lowest BCUT2D eigenvalue weighted by molar-refractivity contribution is -0.138. The number of nitrogens with one attached hydrogen (secondary N) is 2. The minimum atomic E-state index is -0.842. The molecule has 2 aromatic rings. The molecular formula is C17H15Cl2N3O3. The predicted octanol–water partition coefficient (Wildman–Crippen LogP) is 2.77. The average Bonchev–Trinajstić information content (AvgIpc) is 2.62. The smallest absolute Gasteiger partial charge is 0.329 e. The van der Waals surface area contributed by atoms with Crippen LogP contribution in [0.15, 0.2) is 47.6 Å². The number of rotatable bonds is 5. The number of carbonyl (C=O) groups is 2. The highest BCUT2D eigenvalue weighted by atomic mass is 35.5. The van der Waals surface area contributed by atoms with Gasteiger partial charge in [-0.05, 0) is 35.4 Å². The zero-order valence-electron chi connectivity index (χ0n) is 13.3. The lowest BCUT2D eigenvalue weighted by atomic mass is 10.2. The van der Waals surface area contributed by atoms with Crippen LogP contribution in [0.2, 0.25) is 10.0 Å². The highest BCUT2D eigenvalue weighted by molar-refractivity contribution is 6.42. The van der Waals surface area contributed by atoms with E-state index in [9.17, 15) is 9.59 Å².